The largest absolute Gasteiger partial charge is 0.384 e. The molecule has 4 rings (SSSR count). The smallest absolute Gasteiger partial charge is 0.282 e. The molecule has 2 heterocycles. The molecule has 2 aromatic carbocycles. The zero-order valence-electron chi connectivity index (χ0n) is 18.0. The molecule has 0 atom stereocenters. The first-order chi connectivity index (χ1) is 15.5. The normalized spacial score (nSPS) is 16.9. The van der Waals surface area contributed by atoms with Crippen molar-refractivity contribution in [3.63, 3.8) is 0 Å². The highest BCUT2D eigenvalue weighted by atomic mass is 19.1. The molecule has 0 saturated carbocycles. The molecule has 0 spiro atoms. The van der Waals surface area contributed by atoms with Crippen molar-refractivity contribution < 1.29 is 14.1 Å². The summed E-state index contributed by atoms with van der Waals surface area (Å²) in [6, 6.07) is 11.3. The van der Waals surface area contributed by atoms with Gasteiger partial charge in [-0.05, 0) is 49.2 Å². The summed E-state index contributed by atoms with van der Waals surface area (Å²) >= 11 is 0. The van der Waals surface area contributed by atoms with Crippen LogP contribution in [0, 0.1) is 15.9 Å². The fraction of sp³-hybridized carbons (Fsp3) is 0.435. The molecule has 2 aliphatic heterocycles. The molecule has 0 aliphatic carbocycles. The van der Waals surface area contributed by atoms with E-state index in [-0.39, 0.29) is 23.0 Å². The molecule has 0 unspecified atom stereocenters. The minimum atomic E-state index is -0.492. The molecule has 32 heavy (non-hydrogen) atoms. The van der Waals surface area contributed by atoms with Gasteiger partial charge in [-0.1, -0.05) is 0 Å². The van der Waals surface area contributed by atoms with E-state index in [0.717, 1.165) is 51.3 Å². The predicted molar refractivity (Wildman–Crippen MR) is 122 cm³/mol. The van der Waals surface area contributed by atoms with E-state index in [2.05, 4.69) is 15.1 Å². The summed E-state index contributed by atoms with van der Waals surface area (Å²) in [7, 11) is 0. The van der Waals surface area contributed by atoms with Crippen molar-refractivity contribution in [3.8, 4) is 0 Å². The number of carbonyl (C=O) groups excluding carboxylic acids is 1. The Hall–Kier alpha value is -3.20. The number of piperazine rings is 1. The predicted octanol–water partition coefficient (Wildman–Crippen LogP) is 3.20. The first kappa shape index (κ1) is 22.0. The molecule has 2 fully saturated rings. The molecular formula is C23H28FN5O3. The standard InChI is InChI=1S/C23H28FN5O3/c24-18-3-6-20(7-4-18)27-15-13-26(14-16-27)12-9-25-19-5-8-22(29(31)32)21(17-19)23(30)28-10-1-2-11-28/h3-8,17,25H,1-2,9-16H2. The third-order valence-corrected chi connectivity index (χ3v) is 6.14. The molecule has 2 saturated heterocycles. The molecule has 8 nitrogen and oxygen atoms in total. The van der Waals surface area contributed by atoms with Crippen molar-refractivity contribution >= 4 is 23.0 Å². The lowest BCUT2D eigenvalue weighted by Gasteiger charge is -2.36. The Morgan fingerprint density at radius 1 is 1.00 bits per heavy atom. The average Bonchev–Trinajstić information content (AvgIpc) is 3.34. The van der Waals surface area contributed by atoms with Gasteiger partial charge in [-0.25, -0.2) is 4.39 Å². The van der Waals surface area contributed by atoms with E-state index in [1.165, 1.54) is 18.2 Å². The number of halogens is 1. The molecule has 1 amide bonds. The monoisotopic (exact) mass is 441 g/mol. The van der Waals surface area contributed by atoms with Gasteiger partial charge in [0.25, 0.3) is 11.6 Å². The number of anilines is 2. The number of amides is 1. The lowest BCUT2D eigenvalue weighted by atomic mass is 10.1. The van der Waals surface area contributed by atoms with E-state index in [4.69, 9.17) is 0 Å². The summed E-state index contributed by atoms with van der Waals surface area (Å²) in [4.78, 5) is 30.0. The van der Waals surface area contributed by atoms with Gasteiger partial charge in [-0.15, -0.1) is 0 Å². The van der Waals surface area contributed by atoms with Crippen LogP contribution in [-0.4, -0.2) is 73.0 Å². The van der Waals surface area contributed by atoms with Gasteiger partial charge in [0.05, 0.1) is 4.92 Å². The van der Waals surface area contributed by atoms with Gasteiger partial charge in [-0.3, -0.25) is 19.8 Å². The lowest BCUT2D eigenvalue weighted by Crippen LogP contribution is -2.47. The zero-order chi connectivity index (χ0) is 22.5. The molecular weight excluding hydrogens is 413 g/mol. The van der Waals surface area contributed by atoms with Crippen LogP contribution in [0.2, 0.25) is 0 Å². The summed E-state index contributed by atoms with van der Waals surface area (Å²) in [6.45, 7) is 6.34. The van der Waals surface area contributed by atoms with Crippen LogP contribution in [0.1, 0.15) is 23.2 Å². The number of nitrogens with zero attached hydrogens (tertiary/aromatic N) is 4. The number of nitrogens with one attached hydrogen (secondary N) is 1. The number of rotatable bonds is 7. The minimum absolute atomic E-state index is 0.148. The van der Waals surface area contributed by atoms with E-state index in [1.807, 2.05) is 12.1 Å². The van der Waals surface area contributed by atoms with Crippen LogP contribution >= 0.6 is 0 Å². The van der Waals surface area contributed by atoms with Crippen LogP contribution in [-0.2, 0) is 0 Å². The van der Waals surface area contributed by atoms with E-state index in [9.17, 15) is 19.3 Å². The van der Waals surface area contributed by atoms with Gasteiger partial charge in [-0.2, -0.15) is 0 Å². The third-order valence-electron chi connectivity index (χ3n) is 6.14. The first-order valence-electron chi connectivity index (χ1n) is 11.1. The van der Waals surface area contributed by atoms with Gasteiger partial charge in [0.15, 0.2) is 0 Å². The Kier molecular flexibility index (Phi) is 6.84. The third kappa shape index (κ3) is 5.16. The maximum atomic E-state index is 13.1. The number of carbonyl (C=O) groups is 1. The van der Waals surface area contributed by atoms with Gasteiger partial charge in [0, 0.05) is 69.8 Å². The van der Waals surface area contributed by atoms with Gasteiger partial charge in [0.2, 0.25) is 0 Å². The van der Waals surface area contributed by atoms with Gasteiger partial charge >= 0.3 is 0 Å². The number of hydrogen-bond acceptors (Lipinski definition) is 6. The molecule has 2 aliphatic rings. The summed E-state index contributed by atoms with van der Waals surface area (Å²) in [6.07, 6.45) is 1.87. The fourth-order valence-corrected chi connectivity index (χ4v) is 4.31. The number of hydrogen-bond donors (Lipinski definition) is 1. The second-order valence-electron chi connectivity index (χ2n) is 8.22. The summed E-state index contributed by atoms with van der Waals surface area (Å²) in [5, 5.41) is 14.7. The van der Waals surface area contributed by atoms with Crippen molar-refractivity contribution in [2.24, 2.45) is 0 Å². The Morgan fingerprint density at radius 2 is 1.69 bits per heavy atom. The molecule has 9 heteroatoms. The number of likely N-dealkylation sites (tertiary alicyclic amines) is 1. The average molecular weight is 442 g/mol. The van der Waals surface area contributed by atoms with Crippen molar-refractivity contribution in [2.45, 2.75) is 12.8 Å². The van der Waals surface area contributed by atoms with Gasteiger partial charge in [0.1, 0.15) is 11.4 Å². The zero-order valence-corrected chi connectivity index (χ0v) is 18.0. The van der Waals surface area contributed by atoms with Crippen LogP contribution in [0.15, 0.2) is 42.5 Å². The minimum Gasteiger partial charge on any atom is -0.384 e. The van der Waals surface area contributed by atoms with E-state index in [0.29, 0.717) is 25.3 Å². The van der Waals surface area contributed by atoms with Crippen LogP contribution in [0.3, 0.4) is 0 Å². The Bertz CT molecular complexity index is 955. The van der Waals surface area contributed by atoms with Crippen LogP contribution in [0.5, 0.6) is 0 Å². The van der Waals surface area contributed by atoms with Crippen molar-refractivity contribution in [1.82, 2.24) is 9.80 Å². The second-order valence-corrected chi connectivity index (χ2v) is 8.22. The molecule has 0 bridgehead atoms. The summed E-state index contributed by atoms with van der Waals surface area (Å²) in [5.41, 5.74) is 1.74. The van der Waals surface area contributed by atoms with Crippen molar-refractivity contribution in [3.05, 3.63) is 64.0 Å². The number of benzene rings is 2. The van der Waals surface area contributed by atoms with Crippen molar-refractivity contribution in [1.29, 1.82) is 0 Å². The first-order valence-corrected chi connectivity index (χ1v) is 11.1. The highest BCUT2D eigenvalue weighted by Gasteiger charge is 2.27. The second kappa shape index (κ2) is 9.95. The maximum absolute atomic E-state index is 13.1. The molecule has 1 N–H and O–H groups in total. The van der Waals surface area contributed by atoms with E-state index >= 15 is 0 Å². The highest BCUT2D eigenvalue weighted by Crippen LogP contribution is 2.26. The van der Waals surface area contributed by atoms with Crippen LogP contribution in [0.4, 0.5) is 21.5 Å². The maximum Gasteiger partial charge on any atom is 0.282 e. The Morgan fingerprint density at radius 3 is 2.34 bits per heavy atom. The number of nitro benzene ring substituents is 1. The summed E-state index contributed by atoms with van der Waals surface area (Å²) < 4.78 is 13.1. The highest BCUT2D eigenvalue weighted by molar-refractivity contribution is 5.99. The van der Waals surface area contributed by atoms with E-state index in [1.54, 1.807) is 17.0 Å². The fourth-order valence-electron chi connectivity index (χ4n) is 4.31. The van der Waals surface area contributed by atoms with Crippen LogP contribution < -0.4 is 10.2 Å². The van der Waals surface area contributed by atoms with E-state index < -0.39 is 4.92 Å². The Balaban J connectivity index is 1.30. The molecule has 0 radical (unpaired) electrons. The van der Waals surface area contributed by atoms with Crippen molar-refractivity contribution in [2.75, 3.05) is 62.6 Å². The quantitative estimate of drug-likeness (QED) is 0.525. The Labute approximate surface area is 186 Å². The SMILES string of the molecule is O=C(c1cc(NCCN2CCN(c3ccc(F)cc3)CC2)ccc1[N+](=O)[O-])N1CCCC1. The molecule has 2 aromatic rings. The number of nitro groups is 1. The topological polar surface area (TPSA) is 82.0 Å². The lowest BCUT2D eigenvalue weighted by molar-refractivity contribution is -0.385. The molecule has 0 aromatic heterocycles. The summed E-state index contributed by atoms with van der Waals surface area (Å²) in [5.74, 6) is -0.496. The molecule has 170 valence electrons. The van der Waals surface area contributed by atoms with Crippen LogP contribution in [0.25, 0.3) is 0 Å². The van der Waals surface area contributed by atoms with Gasteiger partial charge < -0.3 is 15.1 Å².